The SMILES string of the molecule is Cc1cc(Br)ccc1Oc1cccc(C(F)(F)F)n1. The molecule has 0 saturated heterocycles. The van der Waals surface area contributed by atoms with Gasteiger partial charge in [-0.05, 0) is 36.8 Å². The average Bonchev–Trinajstić information content (AvgIpc) is 2.32. The number of hydrogen-bond acceptors (Lipinski definition) is 2. The predicted octanol–water partition coefficient (Wildman–Crippen LogP) is 4.96. The predicted molar refractivity (Wildman–Crippen MR) is 68.2 cm³/mol. The summed E-state index contributed by atoms with van der Waals surface area (Å²) in [5.41, 5.74) is -0.173. The molecule has 1 heterocycles. The zero-order valence-corrected chi connectivity index (χ0v) is 11.4. The molecule has 2 aromatic rings. The smallest absolute Gasteiger partial charge is 0.433 e. The van der Waals surface area contributed by atoms with Crippen LogP contribution in [0.25, 0.3) is 0 Å². The van der Waals surface area contributed by atoms with Crippen LogP contribution in [0.15, 0.2) is 40.9 Å². The second kappa shape index (κ2) is 5.21. The average molecular weight is 332 g/mol. The highest BCUT2D eigenvalue weighted by atomic mass is 79.9. The van der Waals surface area contributed by atoms with Gasteiger partial charge in [-0.1, -0.05) is 22.0 Å². The number of nitrogens with zero attached hydrogens (tertiary/aromatic N) is 1. The third-order valence-corrected chi connectivity index (χ3v) is 2.86. The molecule has 0 N–H and O–H groups in total. The lowest BCUT2D eigenvalue weighted by Crippen LogP contribution is -2.08. The number of pyridine rings is 1. The molecule has 0 aliphatic carbocycles. The number of ether oxygens (including phenoxy) is 1. The summed E-state index contributed by atoms with van der Waals surface area (Å²) in [6, 6.07) is 8.78. The van der Waals surface area contributed by atoms with Crippen LogP contribution < -0.4 is 4.74 Å². The molecule has 0 saturated carbocycles. The first-order valence-corrected chi connectivity index (χ1v) is 6.14. The number of hydrogen-bond donors (Lipinski definition) is 0. The molecule has 0 spiro atoms. The normalized spacial score (nSPS) is 11.4. The Bertz CT molecular complexity index is 599. The molecular weight excluding hydrogens is 323 g/mol. The summed E-state index contributed by atoms with van der Waals surface area (Å²) in [4.78, 5) is 3.44. The highest BCUT2D eigenvalue weighted by Gasteiger charge is 2.32. The zero-order chi connectivity index (χ0) is 14.0. The van der Waals surface area contributed by atoms with E-state index in [1.807, 2.05) is 6.07 Å². The Morgan fingerprint density at radius 3 is 2.53 bits per heavy atom. The lowest BCUT2D eigenvalue weighted by Gasteiger charge is -2.10. The first-order chi connectivity index (χ1) is 8.86. The maximum atomic E-state index is 12.5. The Hall–Kier alpha value is -1.56. The fourth-order valence-corrected chi connectivity index (χ4v) is 1.95. The van der Waals surface area contributed by atoms with Crippen molar-refractivity contribution in [2.75, 3.05) is 0 Å². The number of aryl methyl sites for hydroxylation is 1. The number of benzene rings is 1. The van der Waals surface area contributed by atoms with Crippen LogP contribution in [-0.2, 0) is 6.18 Å². The quantitative estimate of drug-likeness (QED) is 0.775. The van der Waals surface area contributed by atoms with E-state index in [2.05, 4.69) is 20.9 Å². The highest BCUT2D eigenvalue weighted by Crippen LogP contribution is 2.31. The molecule has 19 heavy (non-hydrogen) atoms. The Labute approximate surface area is 116 Å². The van der Waals surface area contributed by atoms with E-state index >= 15 is 0 Å². The maximum Gasteiger partial charge on any atom is 0.433 e. The summed E-state index contributed by atoms with van der Waals surface area (Å²) in [6.07, 6.45) is -4.48. The second-order valence-corrected chi connectivity index (χ2v) is 4.79. The van der Waals surface area contributed by atoms with Crippen molar-refractivity contribution in [3.8, 4) is 11.6 Å². The molecule has 0 bridgehead atoms. The lowest BCUT2D eigenvalue weighted by atomic mass is 10.2. The molecule has 100 valence electrons. The summed E-state index contributed by atoms with van der Waals surface area (Å²) < 4.78 is 43.8. The molecule has 0 atom stereocenters. The summed E-state index contributed by atoms with van der Waals surface area (Å²) in [6.45, 7) is 1.80. The van der Waals surface area contributed by atoms with Gasteiger partial charge in [0.05, 0.1) is 0 Å². The van der Waals surface area contributed by atoms with E-state index in [0.717, 1.165) is 16.1 Å². The Kier molecular flexibility index (Phi) is 3.80. The molecule has 0 radical (unpaired) electrons. The van der Waals surface area contributed by atoms with Gasteiger partial charge in [-0.15, -0.1) is 0 Å². The van der Waals surface area contributed by atoms with Gasteiger partial charge in [0.15, 0.2) is 0 Å². The first-order valence-electron chi connectivity index (χ1n) is 5.34. The summed E-state index contributed by atoms with van der Waals surface area (Å²) in [7, 11) is 0. The molecule has 6 heteroatoms. The summed E-state index contributed by atoms with van der Waals surface area (Å²) >= 11 is 3.30. The largest absolute Gasteiger partial charge is 0.439 e. The molecule has 0 aliphatic heterocycles. The number of halogens is 4. The van der Waals surface area contributed by atoms with E-state index in [0.29, 0.717) is 5.75 Å². The molecule has 0 amide bonds. The monoisotopic (exact) mass is 331 g/mol. The summed E-state index contributed by atoms with van der Waals surface area (Å²) in [5.74, 6) is 0.385. The highest BCUT2D eigenvalue weighted by molar-refractivity contribution is 9.10. The van der Waals surface area contributed by atoms with E-state index in [4.69, 9.17) is 4.74 Å². The van der Waals surface area contributed by atoms with Crippen molar-refractivity contribution in [1.82, 2.24) is 4.98 Å². The van der Waals surface area contributed by atoms with Gasteiger partial charge >= 0.3 is 6.18 Å². The molecule has 0 fully saturated rings. The Balaban J connectivity index is 2.29. The molecule has 0 aliphatic rings. The Morgan fingerprint density at radius 2 is 1.89 bits per heavy atom. The van der Waals surface area contributed by atoms with E-state index in [-0.39, 0.29) is 5.88 Å². The third kappa shape index (κ3) is 3.47. The third-order valence-electron chi connectivity index (χ3n) is 2.37. The van der Waals surface area contributed by atoms with Crippen LogP contribution >= 0.6 is 15.9 Å². The van der Waals surface area contributed by atoms with Gasteiger partial charge in [-0.25, -0.2) is 4.98 Å². The van der Waals surface area contributed by atoms with Crippen molar-refractivity contribution >= 4 is 15.9 Å². The molecule has 1 aromatic heterocycles. The zero-order valence-electron chi connectivity index (χ0n) is 9.83. The van der Waals surface area contributed by atoms with Crippen LogP contribution in [0, 0.1) is 6.92 Å². The van der Waals surface area contributed by atoms with Crippen LogP contribution in [0.4, 0.5) is 13.2 Å². The van der Waals surface area contributed by atoms with Crippen molar-refractivity contribution in [1.29, 1.82) is 0 Å². The molecule has 2 rings (SSSR count). The van der Waals surface area contributed by atoms with Crippen LogP contribution in [0.2, 0.25) is 0 Å². The van der Waals surface area contributed by atoms with Gasteiger partial charge in [0, 0.05) is 10.5 Å². The van der Waals surface area contributed by atoms with Gasteiger partial charge in [0.1, 0.15) is 11.4 Å². The topological polar surface area (TPSA) is 22.1 Å². The van der Waals surface area contributed by atoms with Gasteiger partial charge in [0.2, 0.25) is 5.88 Å². The molecular formula is C13H9BrF3NO. The molecule has 0 unspecified atom stereocenters. The minimum absolute atomic E-state index is 0.0831. The van der Waals surface area contributed by atoms with Crippen molar-refractivity contribution in [2.24, 2.45) is 0 Å². The first kappa shape index (κ1) is 13.9. The van der Waals surface area contributed by atoms with Crippen LogP contribution in [0.1, 0.15) is 11.3 Å². The van der Waals surface area contributed by atoms with Crippen LogP contribution in [-0.4, -0.2) is 4.98 Å². The minimum atomic E-state index is -4.48. The second-order valence-electron chi connectivity index (χ2n) is 3.87. The maximum absolute atomic E-state index is 12.5. The van der Waals surface area contributed by atoms with Gasteiger partial charge < -0.3 is 4.74 Å². The van der Waals surface area contributed by atoms with Crippen LogP contribution in [0.3, 0.4) is 0 Å². The fraction of sp³-hybridized carbons (Fsp3) is 0.154. The van der Waals surface area contributed by atoms with Crippen LogP contribution in [0.5, 0.6) is 11.6 Å². The van der Waals surface area contributed by atoms with Gasteiger partial charge in [-0.3, -0.25) is 0 Å². The van der Waals surface area contributed by atoms with E-state index in [1.54, 1.807) is 19.1 Å². The molecule has 1 aromatic carbocycles. The van der Waals surface area contributed by atoms with Crippen molar-refractivity contribution < 1.29 is 17.9 Å². The van der Waals surface area contributed by atoms with Crippen molar-refractivity contribution in [3.63, 3.8) is 0 Å². The standard InChI is InChI=1S/C13H9BrF3NO/c1-8-7-9(14)5-6-10(8)19-12-4-2-3-11(18-12)13(15,16)17/h2-7H,1H3. The van der Waals surface area contributed by atoms with E-state index in [1.165, 1.54) is 12.1 Å². The lowest BCUT2D eigenvalue weighted by molar-refractivity contribution is -0.141. The minimum Gasteiger partial charge on any atom is -0.439 e. The van der Waals surface area contributed by atoms with Gasteiger partial charge in [0.25, 0.3) is 0 Å². The van der Waals surface area contributed by atoms with Crippen molar-refractivity contribution in [3.05, 3.63) is 52.1 Å². The Morgan fingerprint density at radius 1 is 1.16 bits per heavy atom. The van der Waals surface area contributed by atoms with E-state index in [9.17, 15) is 13.2 Å². The number of rotatable bonds is 2. The number of alkyl halides is 3. The number of aromatic nitrogens is 1. The van der Waals surface area contributed by atoms with Crippen molar-refractivity contribution in [2.45, 2.75) is 13.1 Å². The summed E-state index contributed by atoms with van der Waals surface area (Å²) in [5, 5.41) is 0. The van der Waals surface area contributed by atoms with E-state index < -0.39 is 11.9 Å². The van der Waals surface area contributed by atoms with Gasteiger partial charge in [-0.2, -0.15) is 13.2 Å². The molecule has 2 nitrogen and oxygen atoms in total. The fourth-order valence-electron chi connectivity index (χ4n) is 1.47.